The molecule has 26 heavy (non-hydrogen) atoms. The fourth-order valence-corrected chi connectivity index (χ4v) is 2.82. The molecule has 2 N–H and O–H groups in total. The Morgan fingerprint density at radius 1 is 1.42 bits per heavy atom. The Hall–Kier alpha value is -1.29. The van der Waals surface area contributed by atoms with Crippen molar-refractivity contribution in [2.45, 2.75) is 26.7 Å². The fourth-order valence-electron chi connectivity index (χ4n) is 2.82. The highest BCUT2D eigenvalue weighted by Crippen LogP contribution is 2.13. The summed E-state index contributed by atoms with van der Waals surface area (Å²) in [5, 5.41) is 6.19. The summed E-state index contributed by atoms with van der Waals surface area (Å²) in [5.41, 5.74) is 0.850. The van der Waals surface area contributed by atoms with Gasteiger partial charge in [-0.05, 0) is 32.8 Å². The van der Waals surface area contributed by atoms with Crippen molar-refractivity contribution in [3.05, 3.63) is 23.7 Å². The van der Waals surface area contributed by atoms with Crippen LogP contribution in [0.4, 0.5) is 0 Å². The van der Waals surface area contributed by atoms with Gasteiger partial charge in [0.2, 0.25) is 0 Å². The van der Waals surface area contributed by atoms with E-state index in [1.807, 2.05) is 6.92 Å². The molecule has 2 heterocycles. The maximum absolute atomic E-state index is 12.0. The normalized spacial score (nSPS) is 16.9. The zero-order chi connectivity index (χ0) is 18.1. The molecule has 0 aliphatic carbocycles. The molecule has 1 saturated heterocycles. The molecule has 2 rings (SSSR count). The second kappa shape index (κ2) is 12.2. The van der Waals surface area contributed by atoms with Gasteiger partial charge in [-0.15, -0.1) is 24.0 Å². The lowest BCUT2D eigenvalue weighted by Gasteiger charge is -2.24. The van der Waals surface area contributed by atoms with E-state index in [1.165, 1.54) is 6.26 Å². The third-order valence-corrected chi connectivity index (χ3v) is 4.20. The number of ether oxygens (including phenoxy) is 1. The van der Waals surface area contributed by atoms with Gasteiger partial charge in [0.25, 0.3) is 5.91 Å². The summed E-state index contributed by atoms with van der Waals surface area (Å²) in [4.78, 5) is 18.8. The molecule has 1 aliphatic rings. The van der Waals surface area contributed by atoms with Gasteiger partial charge >= 0.3 is 0 Å². The van der Waals surface area contributed by atoms with E-state index in [1.54, 1.807) is 6.07 Å². The van der Waals surface area contributed by atoms with E-state index in [9.17, 15) is 4.79 Å². The molecule has 1 aromatic heterocycles. The quantitative estimate of drug-likeness (QED) is 0.260. The average Bonchev–Trinajstić information content (AvgIpc) is 3.24. The number of amides is 1. The van der Waals surface area contributed by atoms with Crippen LogP contribution in [0.3, 0.4) is 0 Å². The molecule has 0 radical (unpaired) electrons. The van der Waals surface area contributed by atoms with Crippen LogP contribution in [-0.2, 0) is 4.74 Å². The van der Waals surface area contributed by atoms with Gasteiger partial charge in [-0.2, -0.15) is 0 Å². The second-order valence-electron chi connectivity index (χ2n) is 6.39. The molecular formula is C18H31IN4O3. The number of carbonyl (C=O) groups is 1. The summed E-state index contributed by atoms with van der Waals surface area (Å²) in [6, 6.07) is 1.78. The second-order valence-corrected chi connectivity index (χ2v) is 6.39. The first-order valence-electron chi connectivity index (χ1n) is 9.01. The minimum Gasteiger partial charge on any atom is -0.459 e. The SMILES string of the molecule is CCNC(=NCCCNC(=O)c1occc1C)N(C)CC1CCOC1.I. The smallest absolute Gasteiger partial charge is 0.287 e. The number of aliphatic imine (C=N–C) groups is 1. The molecule has 1 aromatic rings. The predicted octanol–water partition coefficient (Wildman–Crippen LogP) is 2.26. The van der Waals surface area contributed by atoms with Crippen LogP contribution < -0.4 is 10.6 Å². The lowest BCUT2D eigenvalue weighted by atomic mass is 10.1. The van der Waals surface area contributed by atoms with Gasteiger partial charge < -0.3 is 24.7 Å². The number of rotatable bonds is 8. The van der Waals surface area contributed by atoms with E-state index in [0.29, 0.717) is 24.8 Å². The highest BCUT2D eigenvalue weighted by atomic mass is 127. The van der Waals surface area contributed by atoms with Gasteiger partial charge in [0.05, 0.1) is 12.9 Å². The summed E-state index contributed by atoms with van der Waals surface area (Å²) in [7, 11) is 2.06. The van der Waals surface area contributed by atoms with Crippen molar-refractivity contribution in [3.63, 3.8) is 0 Å². The van der Waals surface area contributed by atoms with Crippen molar-refractivity contribution in [1.29, 1.82) is 0 Å². The minimum atomic E-state index is -0.170. The minimum absolute atomic E-state index is 0. The number of guanidine groups is 1. The summed E-state index contributed by atoms with van der Waals surface area (Å²) in [6.45, 7) is 8.63. The highest BCUT2D eigenvalue weighted by Gasteiger charge is 2.19. The zero-order valence-electron chi connectivity index (χ0n) is 15.9. The number of hydrogen-bond acceptors (Lipinski definition) is 4. The molecular weight excluding hydrogens is 447 g/mol. The molecule has 7 nitrogen and oxygen atoms in total. The third kappa shape index (κ3) is 7.14. The van der Waals surface area contributed by atoms with Crippen LogP contribution in [-0.4, -0.2) is 63.2 Å². The lowest BCUT2D eigenvalue weighted by molar-refractivity contribution is 0.0925. The Morgan fingerprint density at radius 3 is 2.85 bits per heavy atom. The molecule has 148 valence electrons. The van der Waals surface area contributed by atoms with Crippen LogP contribution in [0.5, 0.6) is 0 Å². The highest BCUT2D eigenvalue weighted by molar-refractivity contribution is 14.0. The number of aryl methyl sites for hydroxylation is 1. The van der Waals surface area contributed by atoms with Gasteiger partial charge in [-0.3, -0.25) is 9.79 Å². The molecule has 0 bridgehead atoms. The van der Waals surface area contributed by atoms with Crippen molar-refractivity contribution in [2.75, 3.05) is 46.4 Å². The van der Waals surface area contributed by atoms with Crippen LogP contribution >= 0.6 is 24.0 Å². The first-order valence-corrected chi connectivity index (χ1v) is 9.01. The van der Waals surface area contributed by atoms with Crippen LogP contribution in [0.25, 0.3) is 0 Å². The van der Waals surface area contributed by atoms with Gasteiger partial charge in [0.1, 0.15) is 0 Å². The van der Waals surface area contributed by atoms with Gasteiger partial charge in [0.15, 0.2) is 11.7 Å². The zero-order valence-corrected chi connectivity index (χ0v) is 18.2. The number of carbonyl (C=O) groups excluding carboxylic acids is 1. The lowest BCUT2D eigenvalue weighted by Crippen LogP contribution is -2.41. The van der Waals surface area contributed by atoms with Crippen LogP contribution in [0.15, 0.2) is 21.7 Å². The third-order valence-electron chi connectivity index (χ3n) is 4.20. The number of furan rings is 1. The Labute approximate surface area is 173 Å². The molecule has 1 aliphatic heterocycles. The van der Waals surface area contributed by atoms with E-state index < -0.39 is 0 Å². The number of nitrogens with one attached hydrogen (secondary N) is 2. The molecule has 1 fully saturated rings. The van der Waals surface area contributed by atoms with Gasteiger partial charge in [-0.25, -0.2) is 0 Å². The van der Waals surface area contributed by atoms with E-state index in [4.69, 9.17) is 9.15 Å². The molecule has 0 spiro atoms. The maximum atomic E-state index is 12.0. The molecule has 0 saturated carbocycles. The Morgan fingerprint density at radius 2 is 2.23 bits per heavy atom. The molecule has 1 atom stereocenters. The van der Waals surface area contributed by atoms with E-state index in [0.717, 1.165) is 50.7 Å². The van der Waals surface area contributed by atoms with Gasteiger partial charge in [0, 0.05) is 51.3 Å². The first kappa shape index (κ1) is 22.8. The topological polar surface area (TPSA) is 79.1 Å². The van der Waals surface area contributed by atoms with Crippen LogP contribution in [0.1, 0.15) is 35.9 Å². The first-order chi connectivity index (χ1) is 12.1. The Bertz CT molecular complexity index is 571. The maximum Gasteiger partial charge on any atom is 0.287 e. The van der Waals surface area contributed by atoms with E-state index in [2.05, 4.69) is 34.5 Å². The molecule has 1 unspecified atom stereocenters. The van der Waals surface area contributed by atoms with Crippen molar-refractivity contribution in [3.8, 4) is 0 Å². The summed E-state index contributed by atoms with van der Waals surface area (Å²) >= 11 is 0. The van der Waals surface area contributed by atoms with E-state index in [-0.39, 0.29) is 29.9 Å². The Balaban J connectivity index is 0.00000338. The van der Waals surface area contributed by atoms with Crippen LogP contribution in [0.2, 0.25) is 0 Å². The monoisotopic (exact) mass is 478 g/mol. The predicted molar refractivity (Wildman–Crippen MR) is 113 cm³/mol. The number of hydrogen-bond donors (Lipinski definition) is 2. The van der Waals surface area contributed by atoms with Crippen molar-refractivity contribution in [2.24, 2.45) is 10.9 Å². The summed E-state index contributed by atoms with van der Waals surface area (Å²) in [6.07, 6.45) is 3.42. The molecule has 1 amide bonds. The van der Waals surface area contributed by atoms with Crippen LogP contribution in [0, 0.1) is 12.8 Å². The van der Waals surface area contributed by atoms with Crippen molar-refractivity contribution >= 4 is 35.8 Å². The molecule has 8 heteroatoms. The van der Waals surface area contributed by atoms with Gasteiger partial charge in [-0.1, -0.05) is 0 Å². The number of halogens is 1. The molecule has 0 aromatic carbocycles. The fraction of sp³-hybridized carbons (Fsp3) is 0.667. The standard InChI is InChI=1S/C18H30N4O3.HI/c1-4-19-18(22(3)12-15-7-10-24-13-15)21-9-5-8-20-17(23)16-14(2)6-11-25-16;/h6,11,15H,4-5,7-10,12-13H2,1-3H3,(H,19,21)(H,20,23);1H. The number of nitrogens with zero attached hydrogens (tertiary/aromatic N) is 2. The average molecular weight is 478 g/mol. The van der Waals surface area contributed by atoms with Crippen molar-refractivity contribution < 1.29 is 13.9 Å². The van der Waals surface area contributed by atoms with Crippen molar-refractivity contribution in [1.82, 2.24) is 15.5 Å². The Kier molecular flexibility index (Phi) is 10.6. The van der Waals surface area contributed by atoms with E-state index >= 15 is 0 Å². The largest absolute Gasteiger partial charge is 0.459 e. The summed E-state index contributed by atoms with van der Waals surface area (Å²) < 4.78 is 10.6. The summed E-state index contributed by atoms with van der Waals surface area (Å²) in [5.74, 6) is 1.69.